The Morgan fingerprint density at radius 2 is 2.44 bits per heavy atom. The molecule has 1 atom stereocenters. The molecule has 0 aromatic rings. The molecule has 1 N–H and O–H groups in total. The Balaban J connectivity index is 2.48. The SMILES string of the molecule is C=CCNC(=O)[C@H]1CCCCN1CCC#N. The number of carbonyl (C=O) groups excluding carboxylic acids is 1. The van der Waals surface area contributed by atoms with E-state index < -0.39 is 0 Å². The highest BCUT2D eigenvalue weighted by molar-refractivity contribution is 5.81. The molecule has 0 aromatic heterocycles. The minimum atomic E-state index is -0.0537. The summed E-state index contributed by atoms with van der Waals surface area (Å²) >= 11 is 0. The summed E-state index contributed by atoms with van der Waals surface area (Å²) in [4.78, 5) is 14.0. The van der Waals surface area contributed by atoms with E-state index in [-0.39, 0.29) is 11.9 Å². The van der Waals surface area contributed by atoms with E-state index in [1.54, 1.807) is 6.08 Å². The van der Waals surface area contributed by atoms with E-state index in [9.17, 15) is 4.79 Å². The molecule has 1 aliphatic rings. The maximum Gasteiger partial charge on any atom is 0.237 e. The number of hydrogen-bond acceptors (Lipinski definition) is 3. The second-order valence-corrected chi connectivity index (χ2v) is 3.99. The molecule has 1 aliphatic heterocycles. The molecule has 16 heavy (non-hydrogen) atoms. The fourth-order valence-electron chi connectivity index (χ4n) is 2.04. The standard InChI is InChI=1S/C12H19N3O/c1-2-8-14-12(16)11-6-3-4-9-15(11)10-5-7-13/h2,11H,1,3-6,8-10H2,(H,14,16)/t11-/m1/s1. The summed E-state index contributed by atoms with van der Waals surface area (Å²) in [6.45, 7) is 5.71. The Morgan fingerprint density at radius 1 is 1.62 bits per heavy atom. The average molecular weight is 221 g/mol. The van der Waals surface area contributed by atoms with Crippen LogP contribution in [0.1, 0.15) is 25.7 Å². The number of hydrogen-bond donors (Lipinski definition) is 1. The van der Waals surface area contributed by atoms with Crippen molar-refractivity contribution in [2.45, 2.75) is 31.7 Å². The van der Waals surface area contributed by atoms with Crippen molar-refractivity contribution in [2.24, 2.45) is 0 Å². The van der Waals surface area contributed by atoms with Crippen molar-refractivity contribution in [3.05, 3.63) is 12.7 Å². The molecule has 0 aromatic carbocycles. The van der Waals surface area contributed by atoms with Gasteiger partial charge in [-0.2, -0.15) is 5.26 Å². The molecule has 1 saturated heterocycles. The first-order chi connectivity index (χ1) is 7.79. The minimum Gasteiger partial charge on any atom is -0.351 e. The molecular formula is C12H19N3O. The second kappa shape index (κ2) is 7.02. The summed E-state index contributed by atoms with van der Waals surface area (Å²) in [6.07, 6.45) is 5.28. The van der Waals surface area contributed by atoms with E-state index >= 15 is 0 Å². The second-order valence-electron chi connectivity index (χ2n) is 3.99. The van der Waals surface area contributed by atoms with Gasteiger partial charge in [-0.15, -0.1) is 6.58 Å². The van der Waals surface area contributed by atoms with Gasteiger partial charge in [-0.25, -0.2) is 0 Å². The Kier molecular flexibility index (Phi) is 5.58. The molecule has 1 heterocycles. The predicted molar refractivity (Wildman–Crippen MR) is 62.6 cm³/mol. The fraction of sp³-hybridized carbons (Fsp3) is 0.667. The zero-order valence-electron chi connectivity index (χ0n) is 9.61. The van der Waals surface area contributed by atoms with Gasteiger partial charge in [-0.1, -0.05) is 12.5 Å². The summed E-state index contributed by atoms with van der Waals surface area (Å²) in [6, 6.07) is 2.07. The van der Waals surface area contributed by atoms with Crippen molar-refractivity contribution in [3.8, 4) is 6.07 Å². The van der Waals surface area contributed by atoms with Crippen molar-refractivity contribution >= 4 is 5.91 Å². The van der Waals surface area contributed by atoms with E-state index in [0.29, 0.717) is 19.5 Å². The lowest BCUT2D eigenvalue weighted by molar-refractivity contribution is -0.127. The molecule has 1 amide bonds. The Hall–Kier alpha value is -1.34. The molecular weight excluding hydrogens is 202 g/mol. The maximum absolute atomic E-state index is 11.8. The van der Waals surface area contributed by atoms with Crippen molar-refractivity contribution in [1.29, 1.82) is 5.26 Å². The number of carbonyl (C=O) groups is 1. The lowest BCUT2D eigenvalue weighted by Gasteiger charge is -2.33. The summed E-state index contributed by atoms with van der Waals surface area (Å²) in [5.74, 6) is 0.0672. The number of piperidine rings is 1. The van der Waals surface area contributed by atoms with Crippen LogP contribution in [-0.2, 0) is 4.79 Å². The van der Waals surface area contributed by atoms with E-state index in [1.807, 2.05) is 0 Å². The van der Waals surface area contributed by atoms with Crippen molar-refractivity contribution in [2.75, 3.05) is 19.6 Å². The zero-order chi connectivity index (χ0) is 11.8. The van der Waals surface area contributed by atoms with Gasteiger partial charge in [0.1, 0.15) is 0 Å². The van der Waals surface area contributed by atoms with Crippen LogP contribution >= 0.6 is 0 Å². The largest absolute Gasteiger partial charge is 0.351 e. The summed E-state index contributed by atoms with van der Waals surface area (Å²) in [5, 5.41) is 11.4. The highest BCUT2D eigenvalue weighted by Crippen LogP contribution is 2.17. The van der Waals surface area contributed by atoms with Crippen molar-refractivity contribution in [3.63, 3.8) is 0 Å². The van der Waals surface area contributed by atoms with E-state index in [0.717, 1.165) is 25.8 Å². The fourth-order valence-corrected chi connectivity index (χ4v) is 2.04. The third-order valence-electron chi connectivity index (χ3n) is 2.85. The van der Waals surface area contributed by atoms with Crippen LogP contribution in [0.25, 0.3) is 0 Å². The number of rotatable bonds is 5. The van der Waals surface area contributed by atoms with Crippen LogP contribution in [0.3, 0.4) is 0 Å². The molecule has 0 aliphatic carbocycles. The smallest absolute Gasteiger partial charge is 0.237 e. The van der Waals surface area contributed by atoms with Gasteiger partial charge in [0.2, 0.25) is 5.91 Å². The summed E-state index contributed by atoms with van der Waals surface area (Å²) in [7, 11) is 0. The van der Waals surface area contributed by atoms with Crippen LogP contribution in [0.5, 0.6) is 0 Å². The number of nitrogens with zero attached hydrogens (tertiary/aromatic N) is 2. The van der Waals surface area contributed by atoms with Gasteiger partial charge >= 0.3 is 0 Å². The Labute approximate surface area is 96.9 Å². The van der Waals surface area contributed by atoms with Crippen LogP contribution in [-0.4, -0.2) is 36.5 Å². The third-order valence-corrected chi connectivity index (χ3v) is 2.85. The molecule has 0 saturated carbocycles. The topological polar surface area (TPSA) is 56.1 Å². The predicted octanol–water partition coefficient (Wildman–Crippen LogP) is 1.06. The number of amides is 1. The number of nitriles is 1. The third kappa shape index (κ3) is 3.67. The lowest BCUT2D eigenvalue weighted by atomic mass is 10.0. The first-order valence-corrected chi connectivity index (χ1v) is 5.79. The van der Waals surface area contributed by atoms with Crippen LogP contribution in [0, 0.1) is 11.3 Å². The summed E-state index contributed by atoms with van der Waals surface area (Å²) in [5.41, 5.74) is 0. The Morgan fingerprint density at radius 3 is 3.12 bits per heavy atom. The van der Waals surface area contributed by atoms with Crippen molar-refractivity contribution < 1.29 is 4.79 Å². The van der Waals surface area contributed by atoms with E-state index in [4.69, 9.17) is 5.26 Å². The molecule has 0 bridgehead atoms. The molecule has 1 rings (SSSR count). The number of likely N-dealkylation sites (tertiary alicyclic amines) is 1. The zero-order valence-corrected chi connectivity index (χ0v) is 9.61. The van der Waals surface area contributed by atoms with Gasteiger partial charge in [0.15, 0.2) is 0 Å². The molecule has 0 unspecified atom stereocenters. The van der Waals surface area contributed by atoms with Gasteiger partial charge in [0, 0.05) is 19.5 Å². The molecule has 4 heteroatoms. The number of nitrogens with one attached hydrogen (secondary N) is 1. The van der Waals surface area contributed by atoms with Gasteiger partial charge < -0.3 is 5.32 Å². The molecule has 0 radical (unpaired) electrons. The highest BCUT2D eigenvalue weighted by Gasteiger charge is 2.27. The average Bonchev–Trinajstić information content (AvgIpc) is 2.33. The Bertz CT molecular complexity index is 282. The molecule has 4 nitrogen and oxygen atoms in total. The monoisotopic (exact) mass is 221 g/mol. The van der Waals surface area contributed by atoms with Gasteiger partial charge in [0.25, 0.3) is 0 Å². The van der Waals surface area contributed by atoms with Gasteiger partial charge in [-0.05, 0) is 19.4 Å². The van der Waals surface area contributed by atoms with E-state index in [1.165, 1.54) is 0 Å². The minimum absolute atomic E-state index is 0.0537. The lowest BCUT2D eigenvalue weighted by Crippen LogP contribution is -2.49. The van der Waals surface area contributed by atoms with Gasteiger partial charge in [-0.3, -0.25) is 9.69 Å². The molecule has 0 spiro atoms. The van der Waals surface area contributed by atoms with Crippen LogP contribution in [0.15, 0.2) is 12.7 Å². The highest BCUT2D eigenvalue weighted by atomic mass is 16.2. The normalized spacial score (nSPS) is 21.1. The first-order valence-electron chi connectivity index (χ1n) is 5.79. The quantitative estimate of drug-likeness (QED) is 0.706. The first kappa shape index (κ1) is 12.7. The van der Waals surface area contributed by atoms with Gasteiger partial charge in [0.05, 0.1) is 12.1 Å². The van der Waals surface area contributed by atoms with Crippen LogP contribution < -0.4 is 5.32 Å². The molecule has 88 valence electrons. The van der Waals surface area contributed by atoms with Crippen molar-refractivity contribution in [1.82, 2.24) is 10.2 Å². The van der Waals surface area contributed by atoms with E-state index in [2.05, 4.69) is 22.9 Å². The maximum atomic E-state index is 11.8. The van der Waals surface area contributed by atoms with Crippen LogP contribution in [0.2, 0.25) is 0 Å². The van der Waals surface area contributed by atoms with Crippen LogP contribution in [0.4, 0.5) is 0 Å². The summed E-state index contributed by atoms with van der Waals surface area (Å²) < 4.78 is 0. The molecule has 1 fully saturated rings.